The quantitative estimate of drug-likeness (QED) is 0.0912. The number of aromatic hydroxyl groups is 1. The van der Waals surface area contributed by atoms with Gasteiger partial charge in [0, 0.05) is 24.6 Å². The molecule has 6 rings (SSSR count). The predicted octanol–water partition coefficient (Wildman–Crippen LogP) is 6.07. The highest BCUT2D eigenvalue weighted by Crippen LogP contribution is 2.51. The molecule has 46 heavy (non-hydrogen) atoms. The average molecular weight is 624 g/mol. The zero-order valence-electron chi connectivity index (χ0n) is 25.9. The number of benzene rings is 3. The summed E-state index contributed by atoms with van der Waals surface area (Å²) < 4.78 is 11.7. The van der Waals surface area contributed by atoms with E-state index in [4.69, 9.17) is 9.39 Å². The molecule has 2 N–H and O–H groups in total. The van der Waals surface area contributed by atoms with E-state index in [0.29, 0.717) is 19.3 Å². The first kappa shape index (κ1) is 31.7. The number of carbonyl (C=O) groups excluding carboxylic acids is 2. The Morgan fingerprint density at radius 2 is 1.87 bits per heavy atom. The van der Waals surface area contributed by atoms with E-state index < -0.39 is 47.7 Å². The van der Waals surface area contributed by atoms with Crippen LogP contribution < -0.4 is 4.90 Å². The minimum Gasteiger partial charge on any atom is -0.507 e. The molecule has 11 heteroatoms. The van der Waals surface area contributed by atoms with Crippen molar-refractivity contribution in [3.63, 3.8) is 0 Å². The van der Waals surface area contributed by atoms with Gasteiger partial charge in [-0.05, 0) is 72.1 Å². The standard InChI is InChI=1S/C35H37BN2O8/c1-3-7-21(16-22-13-14-30(39)27-11-5-4-10-26(22)27)12-15-31-32-23(20-45-2)17-28-33(29(32)19-36(42)46-31)35(41)37(34(28)40)24-8-6-9-25(18-24)38(43)44/h4-6,8-11,13-14,16,18,28-29,31,33,39,42H,3,7,12,15,17,19-20H2,1-2H3/b21-16+/t28-,29+,31-,33-/m1/s1. The van der Waals surface area contributed by atoms with Crippen molar-refractivity contribution in [2.75, 3.05) is 18.6 Å². The lowest BCUT2D eigenvalue weighted by Gasteiger charge is -2.43. The van der Waals surface area contributed by atoms with Gasteiger partial charge < -0.3 is 19.5 Å². The third-order valence-corrected chi connectivity index (χ3v) is 9.52. The first-order valence-electron chi connectivity index (χ1n) is 15.8. The number of hydrogen-bond acceptors (Lipinski definition) is 8. The number of hydrogen-bond donors (Lipinski definition) is 2. The number of non-ortho nitro benzene ring substituents is 1. The van der Waals surface area contributed by atoms with Crippen LogP contribution in [-0.2, 0) is 19.0 Å². The first-order chi connectivity index (χ1) is 22.2. The van der Waals surface area contributed by atoms with E-state index >= 15 is 0 Å². The summed E-state index contributed by atoms with van der Waals surface area (Å²) in [5.74, 6) is -2.37. The molecule has 1 aliphatic carbocycles. The number of allylic oxidation sites excluding steroid dienone is 1. The molecule has 3 aromatic carbocycles. The summed E-state index contributed by atoms with van der Waals surface area (Å²) >= 11 is 0. The maximum atomic E-state index is 14.0. The lowest BCUT2D eigenvalue weighted by atomic mass is 9.58. The molecule has 238 valence electrons. The summed E-state index contributed by atoms with van der Waals surface area (Å²) in [6, 6.07) is 16.9. The number of nitrogens with zero attached hydrogens (tertiary/aromatic N) is 2. The molecule has 2 amide bonds. The number of rotatable bonds is 10. The fourth-order valence-electron chi connectivity index (χ4n) is 7.63. The summed E-state index contributed by atoms with van der Waals surface area (Å²) in [4.78, 5) is 39.7. The van der Waals surface area contributed by atoms with E-state index in [1.165, 1.54) is 29.8 Å². The fourth-order valence-corrected chi connectivity index (χ4v) is 7.63. The van der Waals surface area contributed by atoms with Gasteiger partial charge in [-0.15, -0.1) is 0 Å². The molecule has 0 unspecified atom stereocenters. The van der Waals surface area contributed by atoms with Gasteiger partial charge in [0.05, 0.1) is 35.2 Å². The van der Waals surface area contributed by atoms with Crippen LogP contribution in [0.3, 0.4) is 0 Å². The van der Waals surface area contributed by atoms with Crippen LogP contribution >= 0.6 is 0 Å². The molecular weight excluding hydrogens is 587 g/mol. The molecular formula is C35H37BN2O8. The average Bonchev–Trinajstić information content (AvgIpc) is 3.30. The highest BCUT2D eigenvalue weighted by Gasteiger charge is 2.57. The number of anilines is 1. The number of phenolic OH excluding ortho intramolecular Hbond substituents is 1. The van der Waals surface area contributed by atoms with Crippen LogP contribution in [0.4, 0.5) is 11.4 Å². The van der Waals surface area contributed by atoms with Crippen LogP contribution in [0.1, 0.15) is 44.6 Å². The van der Waals surface area contributed by atoms with Crippen LogP contribution in [0.5, 0.6) is 5.75 Å². The smallest absolute Gasteiger partial charge is 0.455 e. The maximum absolute atomic E-state index is 14.0. The summed E-state index contributed by atoms with van der Waals surface area (Å²) in [6.45, 7) is 2.39. The highest BCUT2D eigenvalue weighted by molar-refractivity contribution is 6.43. The molecule has 2 aliphatic heterocycles. The van der Waals surface area contributed by atoms with Crippen molar-refractivity contribution in [2.24, 2.45) is 17.8 Å². The number of nitro benzene ring substituents is 1. The Kier molecular flexibility index (Phi) is 9.08. The molecule has 4 atom stereocenters. The van der Waals surface area contributed by atoms with Gasteiger partial charge in [-0.2, -0.15) is 0 Å². The SMILES string of the molecule is CCC/C(=C\c1ccc(O)c2ccccc12)CC[C@H]1OB(O)C[C@H]2C1=C(COC)C[C@H]1C(=O)N(c3cccc([N+](=O)[O-])c3)C(=O)[C@H]12. The molecule has 10 nitrogen and oxygen atoms in total. The first-order valence-corrected chi connectivity index (χ1v) is 15.8. The van der Waals surface area contributed by atoms with Crippen LogP contribution in [0.2, 0.25) is 6.32 Å². The van der Waals surface area contributed by atoms with Gasteiger partial charge in [-0.1, -0.05) is 61.4 Å². The third-order valence-electron chi connectivity index (χ3n) is 9.52. The van der Waals surface area contributed by atoms with E-state index in [0.717, 1.165) is 45.2 Å². The predicted molar refractivity (Wildman–Crippen MR) is 175 cm³/mol. The number of phenols is 1. The van der Waals surface area contributed by atoms with Gasteiger partial charge in [-0.25, -0.2) is 4.90 Å². The number of methoxy groups -OCH3 is 1. The number of ether oxygens (including phenoxy) is 1. The summed E-state index contributed by atoms with van der Waals surface area (Å²) in [5.41, 5.74) is 4.00. The summed E-state index contributed by atoms with van der Waals surface area (Å²) in [5, 5.41) is 34.5. The Hall–Kier alpha value is -4.32. The molecule has 2 saturated heterocycles. The van der Waals surface area contributed by atoms with Crippen molar-refractivity contribution in [1.82, 2.24) is 0 Å². The Balaban J connectivity index is 1.31. The van der Waals surface area contributed by atoms with Gasteiger partial charge in [0.25, 0.3) is 5.69 Å². The van der Waals surface area contributed by atoms with Crippen LogP contribution in [0, 0.1) is 27.9 Å². The van der Waals surface area contributed by atoms with Gasteiger partial charge in [0.15, 0.2) is 0 Å². The molecule has 0 saturated carbocycles. The van der Waals surface area contributed by atoms with Crippen molar-refractivity contribution in [3.8, 4) is 5.75 Å². The van der Waals surface area contributed by atoms with Crippen LogP contribution in [0.25, 0.3) is 16.8 Å². The van der Waals surface area contributed by atoms with Crippen molar-refractivity contribution in [2.45, 2.75) is 51.5 Å². The Labute approximate surface area is 267 Å². The summed E-state index contributed by atoms with van der Waals surface area (Å²) in [7, 11) is 0.472. The number of fused-ring (bicyclic) bond motifs is 4. The zero-order valence-corrected chi connectivity index (χ0v) is 25.9. The molecule has 2 heterocycles. The van der Waals surface area contributed by atoms with Crippen molar-refractivity contribution >= 4 is 47.2 Å². The minimum atomic E-state index is -1.12. The molecule has 3 aromatic rings. The molecule has 0 aromatic heterocycles. The Morgan fingerprint density at radius 1 is 1.09 bits per heavy atom. The Morgan fingerprint density at radius 3 is 2.61 bits per heavy atom. The van der Waals surface area contributed by atoms with E-state index in [2.05, 4.69) is 13.0 Å². The lowest BCUT2D eigenvalue weighted by Crippen LogP contribution is -2.46. The maximum Gasteiger partial charge on any atom is 0.455 e. The van der Waals surface area contributed by atoms with Gasteiger partial charge >= 0.3 is 7.12 Å². The van der Waals surface area contributed by atoms with Gasteiger partial charge in [0.1, 0.15) is 5.75 Å². The van der Waals surface area contributed by atoms with Crippen molar-refractivity contribution in [1.29, 1.82) is 0 Å². The van der Waals surface area contributed by atoms with E-state index in [1.54, 1.807) is 13.2 Å². The monoisotopic (exact) mass is 624 g/mol. The number of imide groups is 1. The second-order valence-electron chi connectivity index (χ2n) is 12.3. The topological polar surface area (TPSA) is 139 Å². The summed E-state index contributed by atoms with van der Waals surface area (Å²) in [6.07, 6.45) is 5.19. The second-order valence-corrected chi connectivity index (χ2v) is 12.3. The van der Waals surface area contributed by atoms with E-state index in [1.807, 2.05) is 30.3 Å². The zero-order chi connectivity index (χ0) is 32.5. The Bertz CT molecular complexity index is 1750. The molecule has 3 aliphatic rings. The normalized spacial score (nSPS) is 23.2. The second kappa shape index (κ2) is 13.2. The highest BCUT2D eigenvalue weighted by atomic mass is 16.6. The largest absolute Gasteiger partial charge is 0.507 e. The molecule has 0 radical (unpaired) electrons. The van der Waals surface area contributed by atoms with Crippen LogP contribution in [0.15, 0.2) is 77.4 Å². The number of amides is 2. The molecule has 2 fully saturated rings. The van der Waals surface area contributed by atoms with E-state index in [9.17, 15) is 29.8 Å². The number of nitro groups is 1. The fraction of sp³-hybridized carbons (Fsp3) is 0.371. The van der Waals surface area contributed by atoms with Crippen molar-refractivity contribution < 1.29 is 34.0 Å². The van der Waals surface area contributed by atoms with Crippen molar-refractivity contribution in [3.05, 3.63) is 93.1 Å². The molecule has 0 spiro atoms. The number of carbonyl (C=O) groups is 2. The van der Waals surface area contributed by atoms with Gasteiger partial charge in [0.2, 0.25) is 11.8 Å². The minimum absolute atomic E-state index is 0.166. The van der Waals surface area contributed by atoms with Gasteiger partial charge in [-0.3, -0.25) is 19.7 Å². The third kappa shape index (κ3) is 5.86. The molecule has 0 bridgehead atoms. The van der Waals surface area contributed by atoms with Crippen LogP contribution in [-0.4, -0.2) is 53.8 Å². The lowest BCUT2D eigenvalue weighted by molar-refractivity contribution is -0.384. The van der Waals surface area contributed by atoms with E-state index in [-0.39, 0.29) is 30.1 Å².